The number of nitrogens with zero attached hydrogens (tertiary/aromatic N) is 1. The molecule has 110 valence electrons. The van der Waals surface area contributed by atoms with Crippen LogP contribution >= 0.6 is 11.8 Å². The van der Waals surface area contributed by atoms with E-state index >= 15 is 0 Å². The molecule has 1 aromatic carbocycles. The minimum Gasteiger partial charge on any atom is -0.378 e. The maximum Gasteiger partial charge on any atom is 0.163 e. The molecular weight excluding hydrogens is 264 g/mol. The summed E-state index contributed by atoms with van der Waals surface area (Å²) in [5.41, 5.74) is 6.77. The lowest BCUT2D eigenvalue weighted by Gasteiger charge is -1.98. The first kappa shape index (κ1) is 16.8. The van der Waals surface area contributed by atoms with Crippen LogP contribution in [0.5, 0.6) is 0 Å². The van der Waals surface area contributed by atoms with Crippen molar-refractivity contribution in [1.29, 1.82) is 0 Å². The van der Waals surface area contributed by atoms with Gasteiger partial charge in [-0.15, -0.1) is 0 Å². The lowest BCUT2D eigenvalue weighted by atomic mass is 10.1. The normalized spacial score (nSPS) is 12.2. The Hall–Kier alpha value is -1.22. The van der Waals surface area contributed by atoms with Crippen LogP contribution in [0.3, 0.4) is 0 Å². The first-order chi connectivity index (χ1) is 9.83. The Labute approximate surface area is 127 Å². The van der Waals surface area contributed by atoms with E-state index < -0.39 is 0 Å². The highest BCUT2D eigenvalue weighted by molar-refractivity contribution is 8.16. The van der Waals surface area contributed by atoms with E-state index in [1.165, 1.54) is 50.3 Å². The predicted molar refractivity (Wildman–Crippen MR) is 92.4 cm³/mol. The number of amidine groups is 1. The van der Waals surface area contributed by atoms with Crippen molar-refractivity contribution in [3.63, 3.8) is 0 Å². The number of nitrogens with two attached hydrogens (primary N) is 1. The van der Waals surface area contributed by atoms with E-state index in [9.17, 15) is 0 Å². The summed E-state index contributed by atoms with van der Waals surface area (Å²) in [5, 5.41) is 2.64. The van der Waals surface area contributed by atoms with Crippen molar-refractivity contribution in [3.05, 3.63) is 41.8 Å². The van der Waals surface area contributed by atoms with Crippen LogP contribution in [0.15, 0.2) is 46.8 Å². The molecule has 0 unspecified atom stereocenters. The van der Waals surface area contributed by atoms with E-state index in [1.807, 2.05) is 35.7 Å². The zero-order valence-corrected chi connectivity index (χ0v) is 13.2. The van der Waals surface area contributed by atoms with Crippen LogP contribution in [0.1, 0.15) is 51.9 Å². The highest BCUT2D eigenvalue weighted by Crippen LogP contribution is 2.14. The Morgan fingerprint density at radius 1 is 1.10 bits per heavy atom. The van der Waals surface area contributed by atoms with Crippen LogP contribution < -0.4 is 5.73 Å². The van der Waals surface area contributed by atoms with Gasteiger partial charge >= 0.3 is 0 Å². The Bertz CT molecular complexity index is 399. The van der Waals surface area contributed by atoms with Crippen LogP contribution in [0.25, 0.3) is 0 Å². The number of unbranched alkanes of at least 4 members (excludes halogenated alkanes) is 6. The molecule has 0 fully saturated rings. The molecule has 0 bridgehead atoms. The molecular formula is C17H26N2S. The number of thioether (sulfide) groups is 1. The maximum atomic E-state index is 5.86. The molecule has 1 rings (SSSR count). The molecule has 0 aliphatic heterocycles. The molecule has 20 heavy (non-hydrogen) atoms. The molecule has 0 spiro atoms. The largest absolute Gasteiger partial charge is 0.378 e. The van der Waals surface area contributed by atoms with Crippen LogP contribution in [0.2, 0.25) is 0 Å². The molecule has 0 saturated carbocycles. The number of para-hydroxylation sites is 1. The fraction of sp³-hybridized carbons (Fsp3) is 0.471. The van der Waals surface area contributed by atoms with Crippen molar-refractivity contribution in [1.82, 2.24) is 0 Å². The molecule has 3 heteroatoms. The first-order valence-corrected chi connectivity index (χ1v) is 8.41. The Morgan fingerprint density at radius 3 is 2.55 bits per heavy atom. The second kappa shape index (κ2) is 11.6. The van der Waals surface area contributed by atoms with Gasteiger partial charge in [-0.05, 0) is 30.4 Å². The van der Waals surface area contributed by atoms with Gasteiger partial charge in [0.25, 0.3) is 0 Å². The van der Waals surface area contributed by atoms with E-state index in [-0.39, 0.29) is 0 Å². The van der Waals surface area contributed by atoms with Crippen molar-refractivity contribution in [3.8, 4) is 0 Å². The Kier molecular flexibility index (Phi) is 9.76. The van der Waals surface area contributed by atoms with Crippen molar-refractivity contribution >= 4 is 22.6 Å². The van der Waals surface area contributed by atoms with Gasteiger partial charge in [-0.2, -0.15) is 0 Å². The van der Waals surface area contributed by atoms with Crippen LogP contribution in [0, 0.1) is 0 Å². The van der Waals surface area contributed by atoms with Crippen LogP contribution in [-0.4, -0.2) is 5.17 Å². The van der Waals surface area contributed by atoms with Gasteiger partial charge in [0.15, 0.2) is 5.17 Å². The number of allylic oxidation sites excluding steroid dienone is 1. The van der Waals surface area contributed by atoms with Crippen LogP contribution in [-0.2, 0) is 0 Å². The number of hydrogen-bond donors (Lipinski definition) is 1. The minimum absolute atomic E-state index is 0.593. The summed E-state index contributed by atoms with van der Waals surface area (Å²) in [5.74, 6) is 0. The Morgan fingerprint density at radius 2 is 1.80 bits per heavy atom. The van der Waals surface area contributed by atoms with E-state index in [4.69, 9.17) is 5.73 Å². The van der Waals surface area contributed by atoms with E-state index in [1.54, 1.807) is 0 Å². The van der Waals surface area contributed by atoms with Gasteiger partial charge in [-0.3, -0.25) is 0 Å². The van der Waals surface area contributed by atoms with Crippen molar-refractivity contribution in [2.75, 3.05) is 0 Å². The monoisotopic (exact) mass is 290 g/mol. The molecule has 0 aliphatic rings. The standard InChI is InChI=1S/C17H26N2S/c1-2-3-4-5-6-7-8-12-15-20-17(18)19-16-13-10-9-11-14-16/h9-15H,2-8H2,1H3,(H2,18,19)/b15-12-. The second-order valence-electron chi connectivity index (χ2n) is 4.83. The average Bonchev–Trinajstić information content (AvgIpc) is 2.46. The SMILES string of the molecule is CCCCCCCC/C=C\SC(N)=Nc1ccccc1. The molecule has 1 aromatic rings. The summed E-state index contributed by atoms with van der Waals surface area (Å²) in [6.45, 7) is 2.25. The highest BCUT2D eigenvalue weighted by Gasteiger charge is 1.92. The van der Waals surface area contributed by atoms with E-state index in [2.05, 4.69) is 18.0 Å². The molecule has 0 aliphatic carbocycles. The van der Waals surface area contributed by atoms with Gasteiger partial charge in [0.1, 0.15) is 0 Å². The summed E-state index contributed by atoms with van der Waals surface area (Å²) in [7, 11) is 0. The second-order valence-corrected chi connectivity index (χ2v) is 5.76. The number of hydrogen-bond acceptors (Lipinski definition) is 2. The lowest BCUT2D eigenvalue weighted by Crippen LogP contribution is -2.03. The van der Waals surface area contributed by atoms with Gasteiger partial charge in [-0.1, -0.05) is 75.1 Å². The van der Waals surface area contributed by atoms with Crippen molar-refractivity contribution in [2.24, 2.45) is 10.7 Å². The zero-order chi connectivity index (χ0) is 14.5. The summed E-state index contributed by atoms with van der Waals surface area (Å²) in [6, 6.07) is 9.81. The molecule has 2 N–H and O–H groups in total. The van der Waals surface area contributed by atoms with E-state index in [0.717, 1.165) is 12.1 Å². The van der Waals surface area contributed by atoms with Crippen LogP contribution in [0.4, 0.5) is 5.69 Å². The van der Waals surface area contributed by atoms with Crippen molar-refractivity contribution < 1.29 is 0 Å². The summed E-state index contributed by atoms with van der Waals surface area (Å²) < 4.78 is 0. The summed E-state index contributed by atoms with van der Waals surface area (Å²) in [6.07, 6.45) is 11.4. The average molecular weight is 290 g/mol. The number of rotatable bonds is 9. The summed E-state index contributed by atoms with van der Waals surface area (Å²) in [4.78, 5) is 4.33. The Balaban J connectivity index is 2.10. The fourth-order valence-corrected chi connectivity index (χ4v) is 2.41. The minimum atomic E-state index is 0.593. The molecule has 0 atom stereocenters. The lowest BCUT2D eigenvalue weighted by molar-refractivity contribution is 0.611. The number of aliphatic imine (C=N–C) groups is 1. The summed E-state index contributed by atoms with van der Waals surface area (Å²) >= 11 is 1.49. The molecule has 0 radical (unpaired) electrons. The van der Waals surface area contributed by atoms with Gasteiger partial charge in [0, 0.05) is 0 Å². The van der Waals surface area contributed by atoms with E-state index in [0.29, 0.717) is 5.17 Å². The third-order valence-corrected chi connectivity index (χ3v) is 3.67. The maximum absolute atomic E-state index is 5.86. The van der Waals surface area contributed by atoms with Crippen molar-refractivity contribution in [2.45, 2.75) is 51.9 Å². The van der Waals surface area contributed by atoms with Gasteiger partial charge in [-0.25, -0.2) is 4.99 Å². The predicted octanol–water partition coefficient (Wildman–Crippen LogP) is 5.63. The fourth-order valence-electron chi connectivity index (χ4n) is 1.88. The smallest absolute Gasteiger partial charge is 0.163 e. The quantitative estimate of drug-likeness (QED) is 0.363. The molecule has 0 amide bonds. The van der Waals surface area contributed by atoms with Gasteiger partial charge in [0.05, 0.1) is 5.69 Å². The third kappa shape index (κ3) is 8.81. The molecule has 2 nitrogen and oxygen atoms in total. The molecule has 0 aromatic heterocycles. The third-order valence-electron chi connectivity index (χ3n) is 3.00. The topological polar surface area (TPSA) is 38.4 Å². The first-order valence-electron chi connectivity index (χ1n) is 7.54. The number of benzene rings is 1. The zero-order valence-electron chi connectivity index (χ0n) is 12.4. The molecule has 0 saturated heterocycles. The molecule has 0 heterocycles. The van der Waals surface area contributed by atoms with Gasteiger partial charge < -0.3 is 5.73 Å². The van der Waals surface area contributed by atoms with Gasteiger partial charge in [0.2, 0.25) is 0 Å². The highest BCUT2D eigenvalue weighted by atomic mass is 32.2.